The van der Waals surface area contributed by atoms with E-state index >= 15 is 0 Å². The number of nitrogens with one attached hydrogen (secondary N) is 1. The zero-order valence-corrected chi connectivity index (χ0v) is 17.8. The van der Waals surface area contributed by atoms with E-state index in [0.29, 0.717) is 37.6 Å². The van der Waals surface area contributed by atoms with Gasteiger partial charge in [0.2, 0.25) is 0 Å². The van der Waals surface area contributed by atoms with E-state index in [1.807, 2.05) is 7.05 Å². The average molecular weight is 453 g/mol. The van der Waals surface area contributed by atoms with E-state index in [2.05, 4.69) is 20.0 Å². The maximum absolute atomic E-state index is 13.0. The van der Waals surface area contributed by atoms with Crippen molar-refractivity contribution < 1.29 is 27.4 Å². The van der Waals surface area contributed by atoms with E-state index in [0.717, 1.165) is 18.5 Å². The summed E-state index contributed by atoms with van der Waals surface area (Å²) in [6.45, 7) is 1.28. The molecular weight excluding hydrogens is 427 g/mol. The van der Waals surface area contributed by atoms with E-state index < -0.39 is 12.5 Å². The SMILES string of the molecule is Cn1cncc1-c1nc(C(=O)N[C@H]2CC[C@H](OC(F)(F)F)CC2)cc(C2CCOCC2)n1. The fourth-order valence-electron chi connectivity index (χ4n) is 4.25. The molecule has 0 aromatic carbocycles. The molecule has 0 spiro atoms. The highest BCUT2D eigenvalue weighted by molar-refractivity contribution is 5.93. The summed E-state index contributed by atoms with van der Waals surface area (Å²) in [6.07, 6.45) is 0.719. The molecule has 0 unspecified atom stereocenters. The van der Waals surface area contributed by atoms with Gasteiger partial charge in [-0.05, 0) is 44.6 Å². The van der Waals surface area contributed by atoms with Crippen LogP contribution in [0.3, 0.4) is 0 Å². The first kappa shape index (κ1) is 22.7. The summed E-state index contributed by atoms with van der Waals surface area (Å²) in [4.78, 5) is 26.3. The summed E-state index contributed by atoms with van der Waals surface area (Å²) in [5, 5.41) is 2.92. The van der Waals surface area contributed by atoms with Crippen LogP contribution in [0.1, 0.15) is 60.6 Å². The van der Waals surface area contributed by atoms with E-state index in [9.17, 15) is 18.0 Å². The molecule has 1 N–H and O–H groups in total. The molecule has 3 heterocycles. The number of aryl methyl sites for hydroxylation is 1. The van der Waals surface area contributed by atoms with E-state index in [1.165, 1.54) is 0 Å². The third-order valence-corrected chi connectivity index (χ3v) is 5.97. The van der Waals surface area contributed by atoms with Gasteiger partial charge in [0.05, 0.1) is 18.6 Å². The normalized spacial score (nSPS) is 22.6. The van der Waals surface area contributed by atoms with Crippen molar-refractivity contribution in [2.75, 3.05) is 13.2 Å². The molecule has 1 aliphatic heterocycles. The molecule has 0 atom stereocenters. The fraction of sp³-hybridized carbons (Fsp3) is 0.619. The number of rotatable bonds is 5. The summed E-state index contributed by atoms with van der Waals surface area (Å²) in [5.41, 5.74) is 1.72. The van der Waals surface area contributed by atoms with Crippen molar-refractivity contribution >= 4 is 5.91 Å². The van der Waals surface area contributed by atoms with Gasteiger partial charge < -0.3 is 14.6 Å². The molecule has 2 aromatic heterocycles. The summed E-state index contributed by atoms with van der Waals surface area (Å²) >= 11 is 0. The smallest absolute Gasteiger partial charge is 0.381 e. The predicted octanol–water partition coefficient (Wildman–Crippen LogP) is 3.35. The van der Waals surface area contributed by atoms with Crippen LogP contribution in [-0.2, 0) is 16.5 Å². The van der Waals surface area contributed by atoms with Gasteiger partial charge in [-0.25, -0.2) is 15.0 Å². The standard InChI is InChI=1S/C21H26F3N5O3/c1-29-12-25-11-18(29)19-27-16(13-6-8-31-9-7-13)10-17(28-19)20(30)26-14-2-4-15(5-3-14)32-21(22,23)24/h10-15H,2-9H2,1H3,(H,26,30)/t14-,15-. The number of hydrogen-bond acceptors (Lipinski definition) is 6. The monoisotopic (exact) mass is 453 g/mol. The second-order valence-electron chi connectivity index (χ2n) is 8.29. The number of carbonyl (C=O) groups excluding carboxylic acids is 1. The minimum Gasteiger partial charge on any atom is -0.381 e. The average Bonchev–Trinajstić information content (AvgIpc) is 3.20. The molecule has 1 amide bonds. The van der Waals surface area contributed by atoms with Crippen LogP contribution in [0.15, 0.2) is 18.6 Å². The number of hydrogen-bond donors (Lipinski definition) is 1. The van der Waals surface area contributed by atoms with E-state index in [1.54, 1.807) is 23.2 Å². The molecule has 8 nitrogen and oxygen atoms in total. The van der Waals surface area contributed by atoms with Gasteiger partial charge in [0.25, 0.3) is 5.91 Å². The Hall–Kier alpha value is -2.53. The van der Waals surface area contributed by atoms with Crippen LogP contribution in [0.5, 0.6) is 0 Å². The van der Waals surface area contributed by atoms with Gasteiger partial charge in [0, 0.05) is 37.9 Å². The number of ether oxygens (including phenoxy) is 2. The predicted molar refractivity (Wildman–Crippen MR) is 108 cm³/mol. The maximum Gasteiger partial charge on any atom is 0.522 e. The quantitative estimate of drug-likeness (QED) is 0.747. The third kappa shape index (κ3) is 5.63. The summed E-state index contributed by atoms with van der Waals surface area (Å²) in [6, 6.07) is 1.49. The van der Waals surface area contributed by atoms with Crippen LogP contribution in [0.4, 0.5) is 13.2 Å². The summed E-state index contributed by atoms with van der Waals surface area (Å²) < 4.78 is 48.6. The van der Waals surface area contributed by atoms with Gasteiger partial charge in [0.15, 0.2) is 5.82 Å². The van der Waals surface area contributed by atoms with Crippen LogP contribution in [0, 0.1) is 0 Å². The number of carbonyl (C=O) groups is 1. The molecule has 11 heteroatoms. The second kappa shape index (κ2) is 9.53. The molecular formula is C21H26F3N5O3. The molecule has 2 fully saturated rings. The molecule has 0 bridgehead atoms. The molecule has 1 saturated carbocycles. The first-order valence-corrected chi connectivity index (χ1v) is 10.8. The van der Waals surface area contributed by atoms with Crippen molar-refractivity contribution in [2.24, 2.45) is 7.05 Å². The number of imidazole rings is 1. The highest BCUT2D eigenvalue weighted by Crippen LogP contribution is 2.29. The van der Waals surface area contributed by atoms with Gasteiger partial charge in [-0.15, -0.1) is 13.2 Å². The van der Waals surface area contributed by atoms with E-state index in [-0.39, 0.29) is 36.4 Å². The minimum atomic E-state index is -4.63. The Kier molecular flexibility index (Phi) is 6.75. The molecule has 1 saturated heterocycles. The molecule has 32 heavy (non-hydrogen) atoms. The Morgan fingerprint density at radius 1 is 1.16 bits per heavy atom. The van der Waals surface area contributed by atoms with Crippen LogP contribution < -0.4 is 5.32 Å². The second-order valence-corrected chi connectivity index (χ2v) is 8.29. The summed E-state index contributed by atoms with van der Waals surface area (Å²) in [7, 11) is 1.83. The molecule has 1 aliphatic carbocycles. The van der Waals surface area contributed by atoms with Crippen LogP contribution in [0.25, 0.3) is 11.5 Å². The number of amides is 1. The lowest BCUT2D eigenvalue weighted by atomic mass is 9.92. The molecule has 174 valence electrons. The van der Waals surface area contributed by atoms with Crippen molar-refractivity contribution in [3.8, 4) is 11.5 Å². The van der Waals surface area contributed by atoms with Gasteiger partial charge in [0.1, 0.15) is 11.4 Å². The first-order valence-electron chi connectivity index (χ1n) is 10.8. The summed E-state index contributed by atoms with van der Waals surface area (Å²) in [5.74, 6) is 0.228. The topological polar surface area (TPSA) is 91.2 Å². The molecule has 2 aliphatic rings. The number of nitrogens with zero attached hydrogens (tertiary/aromatic N) is 4. The zero-order chi connectivity index (χ0) is 22.7. The highest BCUT2D eigenvalue weighted by Gasteiger charge is 2.35. The van der Waals surface area contributed by atoms with Crippen LogP contribution in [-0.4, -0.2) is 57.1 Å². The Morgan fingerprint density at radius 3 is 2.50 bits per heavy atom. The first-order chi connectivity index (χ1) is 15.3. The third-order valence-electron chi connectivity index (χ3n) is 5.97. The lowest BCUT2D eigenvalue weighted by Crippen LogP contribution is -2.40. The van der Waals surface area contributed by atoms with Gasteiger partial charge >= 0.3 is 6.36 Å². The number of aromatic nitrogens is 4. The maximum atomic E-state index is 13.0. The Bertz CT molecular complexity index is 935. The minimum absolute atomic E-state index is 0.167. The van der Waals surface area contributed by atoms with E-state index in [4.69, 9.17) is 9.72 Å². The molecule has 4 rings (SSSR count). The Morgan fingerprint density at radius 2 is 1.88 bits per heavy atom. The number of alkyl halides is 3. The largest absolute Gasteiger partial charge is 0.522 e. The van der Waals surface area contributed by atoms with Gasteiger partial charge in [-0.1, -0.05) is 0 Å². The Balaban J connectivity index is 1.49. The highest BCUT2D eigenvalue weighted by atomic mass is 19.4. The van der Waals surface area contributed by atoms with Gasteiger partial charge in [-0.3, -0.25) is 9.53 Å². The molecule has 0 radical (unpaired) electrons. The lowest BCUT2D eigenvalue weighted by molar-refractivity contribution is -0.345. The lowest BCUT2D eigenvalue weighted by Gasteiger charge is -2.29. The van der Waals surface area contributed by atoms with Crippen molar-refractivity contribution in [3.63, 3.8) is 0 Å². The van der Waals surface area contributed by atoms with Crippen LogP contribution >= 0.6 is 0 Å². The van der Waals surface area contributed by atoms with Crippen molar-refractivity contribution in [1.82, 2.24) is 24.8 Å². The fourth-order valence-corrected chi connectivity index (χ4v) is 4.25. The van der Waals surface area contributed by atoms with Crippen molar-refractivity contribution in [1.29, 1.82) is 0 Å². The molecule has 2 aromatic rings. The van der Waals surface area contributed by atoms with Crippen LogP contribution in [0.2, 0.25) is 0 Å². The van der Waals surface area contributed by atoms with Gasteiger partial charge in [-0.2, -0.15) is 0 Å². The number of halogens is 3. The van der Waals surface area contributed by atoms with Crippen molar-refractivity contribution in [3.05, 3.63) is 30.0 Å². The van der Waals surface area contributed by atoms with Crippen molar-refractivity contribution in [2.45, 2.75) is 63.0 Å². The Labute approximate surface area is 183 Å². The zero-order valence-electron chi connectivity index (χ0n) is 17.8.